The third-order valence-electron chi connectivity index (χ3n) is 5.86. The first-order valence-corrected chi connectivity index (χ1v) is 9.76. The van der Waals surface area contributed by atoms with Gasteiger partial charge in [0.15, 0.2) is 0 Å². The number of carbonyl (C=O) groups is 1. The lowest BCUT2D eigenvalue weighted by atomic mass is 9.78. The summed E-state index contributed by atoms with van der Waals surface area (Å²) in [6.07, 6.45) is -9.19. The zero-order valence-electron chi connectivity index (χ0n) is 16.9. The number of halogens is 6. The molecule has 2 N–H and O–H groups in total. The van der Waals surface area contributed by atoms with Crippen molar-refractivity contribution in [2.24, 2.45) is 0 Å². The average Bonchev–Trinajstić information content (AvgIpc) is 2.99. The molecule has 2 aromatic rings. The lowest BCUT2D eigenvalue weighted by Gasteiger charge is -2.34. The minimum absolute atomic E-state index is 0.0460. The number of benzene rings is 2. The summed E-state index contributed by atoms with van der Waals surface area (Å²) in [5, 5.41) is 5.68. The molecule has 3 nitrogen and oxygen atoms in total. The molecule has 0 aliphatic carbocycles. The Kier molecular flexibility index (Phi) is 5.99. The van der Waals surface area contributed by atoms with Crippen LogP contribution in [0.2, 0.25) is 0 Å². The topological polar surface area (TPSA) is 41.1 Å². The molecule has 1 aliphatic heterocycles. The van der Waals surface area contributed by atoms with E-state index in [2.05, 4.69) is 10.6 Å². The van der Waals surface area contributed by atoms with Crippen molar-refractivity contribution in [1.82, 2.24) is 10.6 Å². The number of alkyl halides is 6. The Morgan fingerprint density at radius 3 is 1.97 bits per heavy atom. The molecule has 9 heteroatoms. The average molecular weight is 444 g/mol. The van der Waals surface area contributed by atoms with Crippen LogP contribution in [-0.2, 0) is 17.9 Å². The molecule has 168 valence electrons. The molecule has 31 heavy (non-hydrogen) atoms. The summed E-state index contributed by atoms with van der Waals surface area (Å²) in [4.78, 5) is 12.0. The third kappa shape index (κ3) is 4.80. The molecule has 1 aliphatic rings. The van der Waals surface area contributed by atoms with E-state index in [9.17, 15) is 31.1 Å². The van der Waals surface area contributed by atoms with Gasteiger partial charge in [0.25, 0.3) is 0 Å². The van der Waals surface area contributed by atoms with E-state index in [0.29, 0.717) is 6.42 Å². The van der Waals surface area contributed by atoms with E-state index in [0.717, 1.165) is 17.7 Å². The van der Waals surface area contributed by atoms with E-state index in [1.165, 1.54) is 0 Å². The molecule has 3 atom stereocenters. The van der Waals surface area contributed by atoms with Crippen molar-refractivity contribution >= 4 is 6.03 Å². The molecule has 3 rings (SSSR count). The van der Waals surface area contributed by atoms with Gasteiger partial charge in [0.05, 0.1) is 22.7 Å². The number of amides is 2. The van der Waals surface area contributed by atoms with E-state index < -0.39 is 34.9 Å². The highest BCUT2D eigenvalue weighted by Crippen LogP contribution is 2.40. The van der Waals surface area contributed by atoms with Crippen LogP contribution in [0.1, 0.15) is 54.9 Å². The van der Waals surface area contributed by atoms with E-state index >= 15 is 0 Å². The largest absolute Gasteiger partial charge is 0.416 e. The van der Waals surface area contributed by atoms with Gasteiger partial charge < -0.3 is 10.6 Å². The molecule has 0 bridgehead atoms. The summed E-state index contributed by atoms with van der Waals surface area (Å²) in [5.74, 6) is -0.603. The Bertz CT molecular complexity index is 909. The summed E-state index contributed by atoms with van der Waals surface area (Å²) in [6.45, 7) is 3.39. The molecule has 0 unspecified atom stereocenters. The van der Waals surface area contributed by atoms with Crippen LogP contribution in [0.3, 0.4) is 0 Å². The van der Waals surface area contributed by atoms with Gasteiger partial charge in [-0.1, -0.05) is 37.3 Å². The van der Waals surface area contributed by atoms with Crippen LogP contribution in [0.15, 0.2) is 48.5 Å². The molecule has 0 radical (unpaired) electrons. The monoisotopic (exact) mass is 444 g/mol. The smallest absolute Gasteiger partial charge is 0.333 e. The van der Waals surface area contributed by atoms with Crippen LogP contribution < -0.4 is 10.6 Å². The molecule has 2 aromatic carbocycles. The highest BCUT2D eigenvalue weighted by Gasteiger charge is 2.45. The number of carbonyl (C=O) groups excluding carboxylic acids is 1. The van der Waals surface area contributed by atoms with Crippen LogP contribution in [0.4, 0.5) is 31.1 Å². The fourth-order valence-corrected chi connectivity index (χ4v) is 4.02. The molecule has 0 spiro atoms. The van der Waals surface area contributed by atoms with E-state index in [1.54, 1.807) is 19.1 Å². The van der Waals surface area contributed by atoms with Crippen molar-refractivity contribution in [3.8, 4) is 0 Å². The maximum absolute atomic E-state index is 13.2. The number of hydrogen-bond acceptors (Lipinski definition) is 1. The zero-order valence-corrected chi connectivity index (χ0v) is 16.9. The lowest BCUT2D eigenvalue weighted by molar-refractivity contribution is -0.143. The summed E-state index contributed by atoms with van der Waals surface area (Å²) < 4.78 is 79.1. The lowest BCUT2D eigenvalue weighted by Crippen LogP contribution is -2.45. The number of nitrogens with one attached hydrogen (secondary N) is 2. The Hall–Kier alpha value is -2.71. The van der Waals surface area contributed by atoms with E-state index in [-0.39, 0.29) is 30.1 Å². The summed E-state index contributed by atoms with van der Waals surface area (Å²) in [5.41, 5.74) is -2.71. The number of rotatable bonds is 5. The van der Waals surface area contributed by atoms with Crippen molar-refractivity contribution in [2.75, 3.05) is 0 Å². The predicted octanol–water partition coefficient (Wildman–Crippen LogP) is 6.20. The maximum atomic E-state index is 13.2. The fraction of sp³-hybridized carbons (Fsp3) is 0.409. The van der Waals surface area contributed by atoms with Crippen LogP contribution in [-0.4, -0.2) is 12.1 Å². The standard InChI is InChI=1S/C22H22F6N2O/c1-13(15-10-17(21(23,24)25)12-18(11-15)22(26,27)28)8-9-20(14(2)29-19(31)30-20)16-6-4-3-5-7-16/h3-7,10-14H,8-9H2,1-2H3,(H2,29,30,31)/t13-,14-,20+/m1/s1. The van der Waals surface area contributed by atoms with Crippen molar-refractivity contribution in [1.29, 1.82) is 0 Å². The molecule has 1 heterocycles. The van der Waals surface area contributed by atoms with Crippen LogP contribution >= 0.6 is 0 Å². The van der Waals surface area contributed by atoms with Gasteiger partial charge in [-0.2, -0.15) is 26.3 Å². The Morgan fingerprint density at radius 2 is 1.52 bits per heavy atom. The van der Waals surface area contributed by atoms with Gasteiger partial charge in [-0.3, -0.25) is 0 Å². The summed E-state index contributed by atoms with van der Waals surface area (Å²) in [7, 11) is 0. The van der Waals surface area contributed by atoms with Gasteiger partial charge in [0, 0.05) is 0 Å². The second-order valence-corrected chi connectivity index (χ2v) is 7.94. The van der Waals surface area contributed by atoms with Crippen LogP contribution in [0, 0.1) is 0 Å². The number of hydrogen-bond donors (Lipinski definition) is 2. The second kappa shape index (κ2) is 8.09. The predicted molar refractivity (Wildman–Crippen MR) is 103 cm³/mol. The van der Waals surface area contributed by atoms with Gasteiger partial charge in [-0.05, 0) is 55.0 Å². The Morgan fingerprint density at radius 1 is 0.968 bits per heavy atom. The first kappa shape index (κ1) is 23.0. The van der Waals surface area contributed by atoms with Gasteiger partial charge in [0.2, 0.25) is 0 Å². The summed E-state index contributed by atoms with van der Waals surface area (Å²) >= 11 is 0. The molecule has 1 saturated heterocycles. The quantitative estimate of drug-likeness (QED) is 0.530. The fourth-order valence-electron chi connectivity index (χ4n) is 4.02. The third-order valence-corrected chi connectivity index (χ3v) is 5.86. The molecule has 2 amide bonds. The Labute approximate surface area is 175 Å². The van der Waals surface area contributed by atoms with Crippen molar-refractivity contribution < 1.29 is 31.1 Å². The van der Waals surface area contributed by atoms with E-state index in [1.807, 2.05) is 25.1 Å². The molecular weight excluding hydrogens is 422 g/mol. The number of urea groups is 1. The first-order chi connectivity index (χ1) is 14.3. The van der Waals surface area contributed by atoms with Gasteiger partial charge in [-0.25, -0.2) is 4.79 Å². The van der Waals surface area contributed by atoms with Gasteiger partial charge in [0.1, 0.15) is 0 Å². The minimum atomic E-state index is -4.89. The highest BCUT2D eigenvalue weighted by molar-refractivity contribution is 5.79. The van der Waals surface area contributed by atoms with E-state index in [4.69, 9.17) is 0 Å². The molecular formula is C22H22F6N2O. The summed E-state index contributed by atoms with van der Waals surface area (Å²) in [6, 6.07) is 10.1. The zero-order chi connectivity index (χ0) is 23.0. The minimum Gasteiger partial charge on any atom is -0.333 e. The molecule has 1 fully saturated rings. The maximum Gasteiger partial charge on any atom is 0.416 e. The van der Waals surface area contributed by atoms with Gasteiger partial charge in [-0.15, -0.1) is 0 Å². The molecule has 0 saturated carbocycles. The highest BCUT2D eigenvalue weighted by atomic mass is 19.4. The van der Waals surface area contributed by atoms with Gasteiger partial charge >= 0.3 is 18.4 Å². The second-order valence-electron chi connectivity index (χ2n) is 7.94. The Balaban J connectivity index is 1.92. The first-order valence-electron chi connectivity index (χ1n) is 9.76. The van der Waals surface area contributed by atoms with Crippen molar-refractivity contribution in [3.05, 3.63) is 70.8 Å². The SMILES string of the molecule is C[C@H](CC[C@]1(c2ccccc2)NC(=O)N[C@@H]1C)c1cc(C(F)(F)F)cc(C(F)(F)F)c1. The van der Waals surface area contributed by atoms with Crippen LogP contribution in [0.25, 0.3) is 0 Å². The van der Waals surface area contributed by atoms with Crippen molar-refractivity contribution in [2.45, 2.75) is 56.5 Å². The van der Waals surface area contributed by atoms with Crippen molar-refractivity contribution in [3.63, 3.8) is 0 Å². The van der Waals surface area contributed by atoms with Crippen LogP contribution in [0.5, 0.6) is 0 Å². The molecule has 0 aromatic heterocycles. The normalized spacial score (nSPS) is 22.7.